The van der Waals surface area contributed by atoms with Crippen LogP contribution >= 0.6 is 0 Å². The van der Waals surface area contributed by atoms with Crippen LogP contribution in [0.15, 0.2) is 70.1 Å². The van der Waals surface area contributed by atoms with E-state index in [9.17, 15) is 14.4 Å². The first kappa shape index (κ1) is 30.0. The molecule has 0 radical (unpaired) electrons. The zero-order valence-electron chi connectivity index (χ0n) is 24.6. The average Bonchev–Trinajstić information content (AvgIpc) is 3.75. The minimum absolute atomic E-state index is 0.0156. The first-order chi connectivity index (χ1) is 22.0. The van der Waals surface area contributed by atoms with Gasteiger partial charge in [0.05, 0.1) is 36.8 Å². The molecule has 2 N–H and O–H groups in total. The number of carbonyl (C=O) groups is 3. The molecule has 4 aromatic rings. The van der Waals surface area contributed by atoms with Crippen molar-refractivity contribution < 1.29 is 32.8 Å². The second kappa shape index (κ2) is 14.2. The van der Waals surface area contributed by atoms with Gasteiger partial charge in [0.15, 0.2) is 5.76 Å². The quantitative estimate of drug-likeness (QED) is 0.339. The topological polar surface area (TPSA) is 162 Å². The van der Waals surface area contributed by atoms with E-state index < -0.39 is 0 Å². The Morgan fingerprint density at radius 3 is 2.91 bits per heavy atom. The number of furan rings is 1. The number of pyridine rings is 1. The molecule has 2 aliphatic heterocycles. The van der Waals surface area contributed by atoms with E-state index in [1.54, 1.807) is 29.3 Å². The monoisotopic (exact) mass is 614 g/mol. The molecule has 2 atom stereocenters. The molecule has 0 unspecified atom stereocenters. The number of fused-ring (bicyclic) bond motifs is 5. The van der Waals surface area contributed by atoms with Gasteiger partial charge < -0.3 is 33.9 Å². The molecule has 1 saturated heterocycles. The predicted molar refractivity (Wildman–Crippen MR) is 159 cm³/mol. The van der Waals surface area contributed by atoms with Gasteiger partial charge in [-0.2, -0.15) is 4.98 Å². The van der Waals surface area contributed by atoms with Crippen LogP contribution in [0.4, 0.5) is 0 Å². The SMILES string of the molecule is O=C1CCCNC(=O)c2cncc(c2)Oc2cccc(c2)CO[C@H]2CCN(C(=O)CCCc3nc(-c4ccco4)no3)C[C@@H]2N1. The zero-order chi connectivity index (χ0) is 31.0. The summed E-state index contributed by atoms with van der Waals surface area (Å²) in [6.45, 7) is 1.46. The number of aromatic nitrogens is 3. The van der Waals surface area contributed by atoms with Crippen molar-refractivity contribution in [1.82, 2.24) is 30.7 Å². The number of amides is 3. The molecule has 0 spiro atoms. The van der Waals surface area contributed by atoms with Crippen LogP contribution in [0, 0.1) is 0 Å². The first-order valence-corrected chi connectivity index (χ1v) is 15.1. The van der Waals surface area contributed by atoms with Crippen molar-refractivity contribution in [3.8, 4) is 23.1 Å². The number of ether oxygens (including phenoxy) is 2. The van der Waals surface area contributed by atoms with E-state index in [0.29, 0.717) is 92.9 Å². The van der Waals surface area contributed by atoms with Crippen LogP contribution in [0.1, 0.15) is 53.9 Å². The van der Waals surface area contributed by atoms with Gasteiger partial charge in [-0.25, -0.2) is 0 Å². The number of aryl methyl sites for hydroxylation is 1. The molecule has 45 heavy (non-hydrogen) atoms. The number of likely N-dealkylation sites (tertiary alicyclic amines) is 1. The Hall–Kier alpha value is -5.04. The van der Waals surface area contributed by atoms with E-state index in [4.69, 9.17) is 18.4 Å². The van der Waals surface area contributed by atoms with Gasteiger partial charge in [-0.15, -0.1) is 0 Å². The van der Waals surface area contributed by atoms with E-state index >= 15 is 0 Å². The summed E-state index contributed by atoms with van der Waals surface area (Å²) in [7, 11) is 0. The molecule has 5 heterocycles. The Morgan fingerprint density at radius 1 is 1.09 bits per heavy atom. The number of nitrogens with one attached hydrogen (secondary N) is 2. The fraction of sp³-hybridized carbons (Fsp3) is 0.375. The summed E-state index contributed by atoms with van der Waals surface area (Å²) in [5.74, 6) is 1.88. The van der Waals surface area contributed by atoms with Gasteiger partial charge in [-0.3, -0.25) is 19.4 Å². The lowest BCUT2D eigenvalue weighted by molar-refractivity contribution is -0.137. The highest BCUT2D eigenvalue weighted by Gasteiger charge is 2.33. The van der Waals surface area contributed by atoms with E-state index in [1.807, 2.05) is 24.3 Å². The van der Waals surface area contributed by atoms with E-state index in [1.165, 1.54) is 12.5 Å². The van der Waals surface area contributed by atoms with Crippen molar-refractivity contribution in [2.75, 3.05) is 19.6 Å². The normalized spacial score (nSPS) is 19.3. The summed E-state index contributed by atoms with van der Waals surface area (Å²) in [6, 6.07) is 12.2. The molecule has 1 fully saturated rings. The van der Waals surface area contributed by atoms with Crippen LogP contribution in [0.5, 0.6) is 11.5 Å². The summed E-state index contributed by atoms with van der Waals surface area (Å²) in [5, 5.41) is 9.84. The predicted octanol–water partition coefficient (Wildman–Crippen LogP) is 3.67. The lowest BCUT2D eigenvalue weighted by Gasteiger charge is -2.39. The number of nitrogens with zero attached hydrogens (tertiary/aromatic N) is 4. The van der Waals surface area contributed by atoms with Crippen LogP contribution < -0.4 is 15.4 Å². The van der Waals surface area contributed by atoms with Gasteiger partial charge >= 0.3 is 0 Å². The maximum Gasteiger partial charge on any atom is 0.252 e. The highest BCUT2D eigenvalue weighted by atomic mass is 16.5. The summed E-state index contributed by atoms with van der Waals surface area (Å²) in [4.78, 5) is 49.0. The van der Waals surface area contributed by atoms with Crippen LogP contribution in [-0.2, 0) is 27.4 Å². The average molecular weight is 615 g/mol. The lowest BCUT2D eigenvalue weighted by Crippen LogP contribution is -2.57. The maximum atomic E-state index is 13.2. The van der Waals surface area contributed by atoms with Crippen LogP contribution in [0.3, 0.4) is 0 Å². The third kappa shape index (κ3) is 7.92. The molecule has 2 aliphatic rings. The molecule has 1 aromatic carbocycles. The largest absolute Gasteiger partial charge is 0.461 e. The first-order valence-electron chi connectivity index (χ1n) is 15.1. The van der Waals surface area contributed by atoms with Gasteiger partial charge in [0.1, 0.15) is 11.5 Å². The number of carbonyl (C=O) groups excluding carboxylic acids is 3. The molecule has 0 saturated carbocycles. The van der Waals surface area contributed by atoms with Crippen LogP contribution in [-0.4, -0.2) is 69.5 Å². The molecule has 6 rings (SSSR count). The summed E-state index contributed by atoms with van der Waals surface area (Å²) >= 11 is 0. The van der Waals surface area contributed by atoms with Crippen molar-refractivity contribution in [2.24, 2.45) is 0 Å². The smallest absolute Gasteiger partial charge is 0.252 e. The number of hydrogen-bond donors (Lipinski definition) is 2. The summed E-state index contributed by atoms with van der Waals surface area (Å²) < 4.78 is 22.9. The molecule has 3 aromatic heterocycles. The summed E-state index contributed by atoms with van der Waals surface area (Å²) in [5.41, 5.74) is 1.25. The van der Waals surface area contributed by atoms with E-state index in [0.717, 1.165) is 5.56 Å². The second-order valence-electron chi connectivity index (χ2n) is 11.0. The number of piperidine rings is 1. The third-order valence-corrected chi connectivity index (χ3v) is 7.68. The third-order valence-electron chi connectivity index (χ3n) is 7.68. The Balaban J connectivity index is 1.08. The van der Waals surface area contributed by atoms with Crippen LogP contribution in [0.25, 0.3) is 11.6 Å². The molecular formula is C32H34N6O7. The zero-order valence-corrected chi connectivity index (χ0v) is 24.6. The van der Waals surface area contributed by atoms with Crippen molar-refractivity contribution in [3.05, 3.63) is 78.1 Å². The van der Waals surface area contributed by atoms with Crippen molar-refractivity contribution in [3.63, 3.8) is 0 Å². The highest BCUT2D eigenvalue weighted by Crippen LogP contribution is 2.25. The van der Waals surface area contributed by atoms with Crippen LogP contribution in [0.2, 0.25) is 0 Å². The molecule has 234 valence electrons. The van der Waals surface area contributed by atoms with Gasteiger partial charge in [0.2, 0.25) is 23.5 Å². The highest BCUT2D eigenvalue weighted by molar-refractivity contribution is 5.94. The summed E-state index contributed by atoms with van der Waals surface area (Å²) in [6.07, 6.45) is 6.79. The molecular weight excluding hydrogens is 580 g/mol. The molecule has 3 amide bonds. The standard InChI is InChI=1S/C32H34N6O7/c39-28-8-3-12-34-32(41)22-16-24(18-33-17-22)44-23-6-1-5-21(15-23)20-43-26-11-13-38(19-25(26)35-28)30(40)10-2-9-29-36-31(37-45-29)27-7-4-14-42-27/h1,4-7,14-18,25-26H,2-3,8-13,19-20H2,(H,34,41)(H,35,39)/t25-,26-/m0/s1. The van der Waals surface area contributed by atoms with E-state index in [-0.39, 0.29) is 36.3 Å². The second-order valence-corrected chi connectivity index (χ2v) is 11.0. The Bertz CT molecular complexity index is 1620. The Labute approximate surface area is 259 Å². The Morgan fingerprint density at radius 2 is 2.02 bits per heavy atom. The van der Waals surface area contributed by atoms with Gasteiger partial charge in [-0.05, 0) is 55.2 Å². The van der Waals surface area contributed by atoms with Crippen molar-refractivity contribution in [1.29, 1.82) is 0 Å². The molecule has 13 nitrogen and oxygen atoms in total. The van der Waals surface area contributed by atoms with E-state index in [2.05, 4.69) is 25.8 Å². The molecule has 4 bridgehead atoms. The number of hydrogen-bond acceptors (Lipinski definition) is 10. The number of rotatable bonds is 5. The fourth-order valence-corrected chi connectivity index (χ4v) is 5.38. The molecule has 0 aliphatic carbocycles. The molecule has 13 heteroatoms. The lowest BCUT2D eigenvalue weighted by atomic mass is 10.0. The van der Waals surface area contributed by atoms with Gasteiger partial charge in [-0.1, -0.05) is 17.3 Å². The number of benzene rings is 1. The van der Waals surface area contributed by atoms with Gasteiger partial charge in [0.25, 0.3) is 5.91 Å². The maximum absolute atomic E-state index is 13.2. The van der Waals surface area contributed by atoms with Gasteiger partial charge in [0, 0.05) is 45.1 Å². The minimum atomic E-state index is -0.388. The minimum Gasteiger partial charge on any atom is -0.461 e. The van der Waals surface area contributed by atoms with Crippen molar-refractivity contribution >= 4 is 17.7 Å². The van der Waals surface area contributed by atoms with Crippen molar-refractivity contribution in [2.45, 2.75) is 57.3 Å². The Kier molecular flexibility index (Phi) is 9.44. The fourth-order valence-electron chi connectivity index (χ4n) is 5.38.